The molecule has 1 saturated carbocycles. The fourth-order valence-corrected chi connectivity index (χ4v) is 4.89. The molecule has 2 heterocycles. The maximum Gasteiger partial charge on any atom is 0.253 e. The molecule has 2 amide bonds. The number of nitrogens with one attached hydrogen (secondary N) is 1. The van der Waals surface area contributed by atoms with Crippen LogP contribution in [0.5, 0.6) is 5.75 Å². The highest BCUT2D eigenvalue weighted by atomic mass is 19.1. The lowest BCUT2D eigenvalue weighted by Crippen LogP contribution is -2.52. The molecule has 6 heteroatoms. The van der Waals surface area contributed by atoms with Gasteiger partial charge in [-0.15, -0.1) is 0 Å². The van der Waals surface area contributed by atoms with E-state index in [0.717, 1.165) is 30.6 Å². The van der Waals surface area contributed by atoms with Gasteiger partial charge in [-0.2, -0.15) is 0 Å². The Kier molecular flexibility index (Phi) is 5.16. The van der Waals surface area contributed by atoms with Crippen LogP contribution >= 0.6 is 0 Å². The molecule has 0 bridgehead atoms. The highest BCUT2D eigenvalue weighted by Crippen LogP contribution is 2.46. The molecule has 2 aliphatic heterocycles. The number of para-hydroxylation sites is 1. The molecule has 1 atom stereocenters. The van der Waals surface area contributed by atoms with Crippen LogP contribution in [0.2, 0.25) is 0 Å². The van der Waals surface area contributed by atoms with Gasteiger partial charge in [-0.3, -0.25) is 9.59 Å². The number of hydrogen-bond donors (Lipinski definition) is 1. The van der Waals surface area contributed by atoms with Gasteiger partial charge in [0.05, 0.1) is 0 Å². The summed E-state index contributed by atoms with van der Waals surface area (Å²) in [5, 5.41) is 3.10. The molecule has 1 spiro atoms. The second-order valence-corrected chi connectivity index (χ2v) is 9.07. The largest absolute Gasteiger partial charge is 0.487 e. The molecule has 1 unspecified atom stereocenters. The molecule has 1 saturated heterocycles. The number of amides is 2. The predicted octanol–water partition coefficient (Wildman–Crippen LogP) is 4.04. The number of halogens is 1. The average Bonchev–Trinajstić information content (AvgIpc) is 3.57. The summed E-state index contributed by atoms with van der Waals surface area (Å²) in [5.74, 6) is 0.514. The lowest BCUT2D eigenvalue weighted by atomic mass is 9.76. The van der Waals surface area contributed by atoms with Crippen LogP contribution in [-0.2, 0) is 4.79 Å². The van der Waals surface area contributed by atoms with E-state index in [4.69, 9.17) is 4.74 Å². The number of fused-ring (bicyclic) bond motifs is 1. The van der Waals surface area contributed by atoms with Gasteiger partial charge in [-0.25, -0.2) is 4.39 Å². The number of ether oxygens (including phenoxy) is 1. The molecular weight excluding hydrogens is 395 g/mol. The van der Waals surface area contributed by atoms with E-state index in [0.29, 0.717) is 44.0 Å². The van der Waals surface area contributed by atoms with E-state index in [2.05, 4.69) is 11.4 Å². The number of carbonyl (C=O) groups is 2. The van der Waals surface area contributed by atoms with Crippen LogP contribution in [0.25, 0.3) is 0 Å². The number of carbonyl (C=O) groups excluding carboxylic acids is 2. The lowest BCUT2D eigenvalue weighted by molar-refractivity contribution is -0.122. The molecule has 5 nitrogen and oxygen atoms in total. The Labute approximate surface area is 181 Å². The van der Waals surface area contributed by atoms with Crippen LogP contribution in [0.1, 0.15) is 60.4 Å². The van der Waals surface area contributed by atoms with Gasteiger partial charge < -0.3 is 15.0 Å². The molecule has 1 aliphatic carbocycles. The number of piperidine rings is 1. The Balaban J connectivity index is 1.30. The molecule has 2 aromatic carbocycles. The molecule has 0 radical (unpaired) electrons. The summed E-state index contributed by atoms with van der Waals surface area (Å²) in [7, 11) is 0. The molecule has 2 aromatic rings. The number of likely N-dealkylation sites (tertiary alicyclic amines) is 1. The lowest BCUT2D eigenvalue weighted by Gasteiger charge is -2.47. The van der Waals surface area contributed by atoms with E-state index in [1.807, 2.05) is 18.2 Å². The number of nitrogens with zero attached hydrogens (tertiary/aromatic N) is 1. The zero-order chi connectivity index (χ0) is 21.4. The summed E-state index contributed by atoms with van der Waals surface area (Å²) in [6.45, 7) is 1.11. The zero-order valence-electron chi connectivity index (χ0n) is 17.5. The van der Waals surface area contributed by atoms with E-state index < -0.39 is 5.82 Å². The van der Waals surface area contributed by atoms with E-state index in [1.54, 1.807) is 17.0 Å². The van der Waals surface area contributed by atoms with Gasteiger partial charge in [0.2, 0.25) is 5.91 Å². The van der Waals surface area contributed by atoms with Crippen molar-refractivity contribution < 1.29 is 18.7 Å². The summed E-state index contributed by atoms with van der Waals surface area (Å²) in [6, 6.07) is 14.2. The van der Waals surface area contributed by atoms with Crippen molar-refractivity contribution in [3.05, 3.63) is 65.5 Å². The Morgan fingerprint density at radius 2 is 1.87 bits per heavy atom. The quantitative estimate of drug-likeness (QED) is 0.809. The SMILES string of the molecule is O=C(CC1CC2(CCN(C(=O)c3cccc(F)c3)CC2)Oc2ccccc21)NC1CC1. The highest BCUT2D eigenvalue weighted by Gasteiger charge is 2.44. The predicted molar refractivity (Wildman–Crippen MR) is 114 cm³/mol. The van der Waals surface area contributed by atoms with Crippen molar-refractivity contribution in [2.45, 2.75) is 56.1 Å². The summed E-state index contributed by atoms with van der Waals surface area (Å²) in [6.07, 6.45) is 4.78. The molecule has 3 aliphatic rings. The summed E-state index contributed by atoms with van der Waals surface area (Å²) < 4.78 is 20.0. The molecule has 2 fully saturated rings. The Bertz CT molecular complexity index is 996. The van der Waals surface area contributed by atoms with Crippen LogP contribution in [0.4, 0.5) is 4.39 Å². The second-order valence-electron chi connectivity index (χ2n) is 9.07. The molecular formula is C25H27FN2O3. The minimum Gasteiger partial charge on any atom is -0.487 e. The first-order valence-corrected chi connectivity index (χ1v) is 11.1. The Morgan fingerprint density at radius 1 is 1.10 bits per heavy atom. The summed E-state index contributed by atoms with van der Waals surface area (Å²) >= 11 is 0. The topological polar surface area (TPSA) is 58.6 Å². The van der Waals surface area contributed by atoms with Gasteiger partial charge in [0.15, 0.2) is 0 Å². The third kappa shape index (κ3) is 4.29. The maximum atomic E-state index is 13.5. The molecule has 5 rings (SSSR count). The van der Waals surface area contributed by atoms with Gasteiger partial charge in [-0.05, 0) is 49.1 Å². The van der Waals surface area contributed by atoms with Crippen LogP contribution in [-0.4, -0.2) is 41.4 Å². The van der Waals surface area contributed by atoms with Crippen molar-refractivity contribution in [2.24, 2.45) is 0 Å². The maximum absolute atomic E-state index is 13.5. The first kappa shape index (κ1) is 20.0. The van der Waals surface area contributed by atoms with Gasteiger partial charge in [-0.1, -0.05) is 24.3 Å². The second kappa shape index (κ2) is 7.98. The van der Waals surface area contributed by atoms with E-state index in [-0.39, 0.29) is 23.3 Å². The van der Waals surface area contributed by atoms with Gasteiger partial charge in [0, 0.05) is 49.9 Å². The first-order valence-electron chi connectivity index (χ1n) is 11.1. The van der Waals surface area contributed by atoms with Crippen molar-refractivity contribution in [1.29, 1.82) is 0 Å². The Hall–Kier alpha value is -2.89. The van der Waals surface area contributed by atoms with Crippen molar-refractivity contribution in [1.82, 2.24) is 10.2 Å². The van der Waals surface area contributed by atoms with Crippen LogP contribution in [0, 0.1) is 5.82 Å². The van der Waals surface area contributed by atoms with Crippen LogP contribution in [0.3, 0.4) is 0 Å². The third-order valence-corrected chi connectivity index (χ3v) is 6.71. The van der Waals surface area contributed by atoms with Crippen molar-refractivity contribution in [2.75, 3.05) is 13.1 Å². The van der Waals surface area contributed by atoms with Gasteiger partial charge in [0.25, 0.3) is 5.91 Å². The number of benzene rings is 2. The normalized spacial score (nSPS) is 21.8. The third-order valence-electron chi connectivity index (χ3n) is 6.71. The monoisotopic (exact) mass is 422 g/mol. The van der Waals surface area contributed by atoms with Gasteiger partial charge >= 0.3 is 0 Å². The average molecular weight is 423 g/mol. The fourth-order valence-electron chi connectivity index (χ4n) is 4.89. The number of hydrogen-bond acceptors (Lipinski definition) is 3. The first-order chi connectivity index (χ1) is 15.0. The fraction of sp³-hybridized carbons (Fsp3) is 0.440. The summed E-state index contributed by atoms with van der Waals surface area (Å²) in [4.78, 5) is 27.1. The summed E-state index contributed by atoms with van der Waals surface area (Å²) in [5.41, 5.74) is 1.09. The van der Waals surface area contributed by atoms with E-state index in [1.165, 1.54) is 12.1 Å². The molecule has 31 heavy (non-hydrogen) atoms. The van der Waals surface area contributed by atoms with Crippen LogP contribution in [0.15, 0.2) is 48.5 Å². The molecule has 1 N–H and O–H groups in total. The molecule has 162 valence electrons. The van der Waals surface area contributed by atoms with Crippen molar-refractivity contribution >= 4 is 11.8 Å². The minimum absolute atomic E-state index is 0.106. The smallest absolute Gasteiger partial charge is 0.253 e. The van der Waals surface area contributed by atoms with E-state index >= 15 is 0 Å². The van der Waals surface area contributed by atoms with Gasteiger partial charge in [0.1, 0.15) is 17.2 Å². The number of rotatable bonds is 4. The zero-order valence-corrected chi connectivity index (χ0v) is 17.5. The Morgan fingerprint density at radius 3 is 2.61 bits per heavy atom. The highest BCUT2D eigenvalue weighted by molar-refractivity contribution is 5.94. The van der Waals surface area contributed by atoms with Crippen molar-refractivity contribution in [3.63, 3.8) is 0 Å². The van der Waals surface area contributed by atoms with Crippen LogP contribution < -0.4 is 10.1 Å². The standard InChI is InChI=1S/C25H27FN2O3/c26-19-5-3-4-17(14-19)24(30)28-12-10-25(11-13-28)16-18(15-23(29)27-20-8-9-20)21-6-1-2-7-22(21)31-25/h1-7,14,18,20H,8-13,15-16H2,(H,27,29). The van der Waals surface area contributed by atoms with Crippen molar-refractivity contribution in [3.8, 4) is 5.75 Å². The van der Waals surface area contributed by atoms with E-state index in [9.17, 15) is 14.0 Å². The minimum atomic E-state index is -0.404. The molecule has 0 aromatic heterocycles.